The monoisotopic (exact) mass is 244 g/mol. The van der Waals surface area contributed by atoms with E-state index in [1.807, 2.05) is 0 Å². The lowest BCUT2D eigenvalue weighted by molar-refractivity contribution is 0.641. The van der Waals surface area contributed by atoms with Crippen LogP contribution in [-0.2, 0) is 6.54 Å². The van der Waals surface area contributed by atoms with Crippen LogP contribution in [0.2, 0.25) is 0 Å². The number of hydrogen-bond donors (Lipinski definition) is 1. The van der Waals surface area contributed by atoms with Gasteiger partial charge in [0.15, 0.2) is 0 Å². The maximum Gasteiger partial charge on any atom is 0.0411 e. The summed E-state index contributed by atoms with van der Waals surface area (Å²) in [6, 6.07) is 10.4. The highest BCUT2D eigenvalue weighted by Gasteiger charge is 2.23. The number of benzene rings is 1. The molecule has 98 valence electrons. The third-order valence-electron chi connectivity index (χ3n) is 4.40. The third kappa shape index (κ3) is 2.69. The van der Waals surface area contributed by atoms with E-state index >= 15 is 0 Å². The predicted octanol–water partition coefficient (Wildman–Crippen LogP) is 3.32. The zero-order valence-corrected chi connectivity index (χ0v) is 11.4. The lowest BCUT2D eigenvalue weighted by Gasteiger charge is -2.28. The van der Waals surface area contributed by atoms with Gasteiger partial charge in [-0.25, -0.2) is 0 Å². The van der Waals surface area contributed by atoms with Crippen molar-refractivity contribution in [3.05, 3.63) is 29.8 Å². The van der Waals surface area contributed by atoms with E-state index < -0.39 is 0 Å². The molecule has 1 aromatic carbocycles. The molecule has 0 heterocycles. The highest BCUT2D eigenvalue weighted by atomic mass is 15.1. The van der Waals surface area contributed by atoms with Gasteiger partial charge in [-0.3, -0.25) is 0 Å². The van der Waals surface area contributed by atoms with Crippen LogP contribution in [0, 0.1) is 0 Å². The first-order valence-corrected chi connectivity index (χ1v) is 7.39. The van der Waals surface area contributed by atoms with Gasteiger partial charge in [-0.2, -0.15) is 0 Å². The molecule has 0 radical (unpaired) electrons. The van der Waals surface area contributed by atoms with Gasteiger partial charge in [0, 0.05) is 31.4 Å². The molecule has 18 heavy (non-hydrogen) atoms. The Balaban J connectivity index is 1.71. The molecule has 2 nitrogen and oxygen atoms in total. The average Bonchev–Trinajstić information content (AvgIpc) is 3.08. The van der Waals surface area contributed by atoms with Crippen LogP contribution < -0.4 is 10.2 Å². The molecule has 0 bridgehead atoms. The van der Waals surface area contributed by atoms with Gasteiger partial charge < -0.3 is 10.2 Å². The maximum atomic E-state index is 3.63. The molecule has 2 aliphatic carbocycles. The topological polar surface area (TPSA) is 15.3 Å². The van der Waals surface area contributed by atoms with Crippen LogP contribution in [0.15, 0.2) is 24.3 Å². The average molecular weight is 244 g/mol. The lowest BCUT2D eigenvalue weighted by atomic mass is 10.1. The van der Waals surface area contributed by atoms with Crippen molar-refractivity contribution in [3.8, 4) is 0 Å². The summed E-state index contributed by atoms with van der Waals surface area (Å²) in [7, 11) is 2.27. The molecule has 0 spiro atoms. The SMILES string of the molecule is CN(c1ccccc1CNC1CC1)C1CCCC1. The lowest BCUT2D eigenvalue weighted by Crippen LogP contribution is -2.30. The Morgan fingerprint density at radius 3 is 2.56 bits per heavy atom. The standard InChI is InChI=1S/C16H24N2/c1-18(15-7-3-4-8-15)16-9-5-2-6-13(16)12-17-14-10-11-14/h2,5-6,9,14-15,17H,3-4,7-8,10-12H2,1H3. The molecule has 2 aliphatic rings. The zero-order valence-electron chi connectivity index (χ0n) is 11.4. The first kappa shape index (κ1) is 12.0. The van der Waals surface area contributed by atoms with Crippen LogP contribution in [0.25, 0.3) is 0 Å². The molecule has 2 heteroatoms. The quantitative estimate of drug-likeness (QED) is 0.855. The van der Waals surface area contributed by atoms with Gasteiger partial charge in [-0.1, -0.05) is 31.0 Å². The van der Waals surface area contributed by atoms with Crippen LogP contribution in [0.4, 0.5) is 5.69 Å². The Labute approximate surface area is 110 Å². The second-order valence-electron chi connectivity index (χ2n) is 5.83. The molecular formula is C16H24N2. The fourth-order valence-corrected chi connectivity index (χ4v) is 3.03. The molecule has 2 saturated carbocycles. The molecule has 0 atom stereocenters. The summed E-state index contributed by atoms with van der Waals surface area (Å²) < 4.78 is 0. The van der Waals surface area contributed by atoms with Crippen molar-refractivity contribution in [3.63, 3.8) is 0 Å². The van der Waals surface area contributed by atoms with E-state index in [0.717, 1.165) is 18.6 Å². The number of nitrogens with one attached hydrogen (secondary N) is 1. The van der Waals surface area contributed by atoms with Crippen molar-refractivity contribution in [1.82, 2.24) is 5.32 Å². The second kappa shape index (κ2) is 5.31. The van der Waals surface area contributed by atoms with Gasteiger partial charge in [0.25, 0.3) is 0 Å². The molecule has 0 aromatic heterocycles. The van der Waals surface area contributed by atoms with Crippen LogP contribution in [0.1, 0.15) is 44.1 Å². The molecule has 0 amide bonds. The Bertz CT molecular complexity index is 392. The highest BCUT2D eigenvalue weighted by molar-refractivity contribution is 5.54. The van der Waals surface area contributed by atoms with Gasteiger partial charge in [-0.05, 0) is 37.3 Å². The van der Waals surface area contributed by atoms with E-state index in [1.165, 1.54) is 49.8 Å². The summed E-state index contributed by atoms with van der Waals surface area (Å²) in [4.78, 5) is 2.51. The summed E-state index contributed by atoms with van der Waals surface area (Å²) in [5.41, 5.74) is 2.89. The number of para-hydroxylation sites is 1. The van der Waals surface area contributed by atoms with Gasteiger partial charge in [0.1, 0.15) is 0 Å². The number of rotatable bonds is 5. The number of nitrogens with zero attached hydrogens (tertiary/aromatic N) is 1. The summed E-state index contributed by atoms with van der Waals surface area (Å²) in [6.07, 6.45) is 8.25. The fraction of sp³-hybridized carbons (Fsp3) is 0.625. The van der Waals surface area contributed by atoms with E-state index in [0.29, 0.717) is 0 Å². The molecule has 0 unspecified atom stereocenters. The molecule has 3 rings (SSSR count). The van der Waals surface area contributed by atoms with Crippen molar-refractivity contribution in [1.29, 1.82) is 0 Å². The molecule has 1 N–H and O–H groups in total. The fourth-order valence-electron chi connectivity index (χ4n) is 3.03. The molecule has 2 fully saturated rings. The molecular weight excluding hydrogens is 220 g/mol. The summed E-state index contributed by atoms with van der Waals surface area (Å²) in [6.45, 7) is 1.03. The van der Waals surface area contributed by atoms with Gasteiger partial charge in [0.05, 0.1) is 0 Å². The Morgan fingerprint density at radius 1 is 1.11 bits per heavy atom. The van der Waals surface area contributed by atoms with Crippen LogP contribution in [0.3, 0.4) is 0 Å². The van der Waals surface area contributed by atoms with Crippen LogP contribution in [-0.4, -0.2) is 19.1 Å². The van der Waals surface area contributed by atoms with E-state index in [-0.39, 0.29) is 0 Å². The van der Waals surface area contributed by atoms with Crippen molar-refractivity contribution < 1.29 is 0 Å². The van der Waals surface area contributed by atoms with Crippen molar-refractivity contribution >= 4 is 5.69 Å². The molecule has 1 aromatic rings. The summed E-state index contributed by atoms with van der Waals surface area (Å²) >= 11 is 0. The minimum absolute atomic E-state index is 0.757. The van der Waals surface area contributed by atoms with Crippen LogP contribution >= 0.6 is 0 Å². The van der Waals surface area contributed by atoms with Gasteiger partial charge >= 0.3 is 0 Å². The van der Waals surface area contributed by atoms with E-state index in [4.69, 9.17) is 0 Å². The van der Waals surface area contributed by atoms with E-state index in [9.17, 15) is 0 Å². The maximum absolute atomic E-state index is 3.63. The third-order valence-corrected chi connectivity index (χ3v) is 4.40. The first-order chi connectivity index (χ1) is 8.84. The molecule has 0 saturated heterocycles. The first-order valence-electron chi connectivity index (χ1n) is 7.39. The number of hydrogen-bond acceptors (Lipinski definition) is 2. The largest absolute Gasteiger partial charge is 0.371 e. The molecule has 0 aliphatic heterocycles. The van der Waals surface area contributed by atoms with Crippen molar-refractivity contribution in [2.75, 3.05) is 11.9 Å². The summed E-state index contributed by atoms with van der Waals surface area (Å²) in [5.74, 6) is 0. The highest BCUT2D eigenvalue weighted by Crippen LogP contribution is 2.29. The van der Waals surface area contributed by atoms with Gasteiger partial charge in [-0.15, -0.1) is 0 Å². The van der Waals surface area contributed by atoms with Crippen molar-refractivity contribution in [2.45, 2.75) is 57.2 Å². The minimum atomic E-state index is 0.757. The Morgan fingerprint density at radius 2 is 1.83 bits per heavy atom. The normalized spacial score (nSPS) is 20.3. The zero-order chi connectivity index (χ0) is 12.4. The number of anilines is 1. The Kier molecular flexibility index (Phi) is 3.55. The van der Waals surface area contributed by atoms with E-state index in [2.05, 4.69) is 41.5 Å². The Hall–Kier alpha value is -1.02. The van der Waals surface area contributed by atoms with E-state index in [1.54, 1.807) is 0 Å². The van der Waals surface area contributed by atoms with Crippen molar-refractivity contribution in [2.24, 2.45) is 0 Å². The predicted molar refractivity (Wildman–Crippen MR) is 77.0 cm³/mol. The summed E-state index contributed by atoms with van der Waals surface area (Å²) in [5, 5.41) is 3.63. The second-order valence-corrected chi connectivity index (χ2v) is 5.83. The van der Waals surface area contributed by atoms with Gasteiger partial charge in [0.2, 0.25) is 0 Å². The van der Waals surface area contributed by atoms with Crippen LogP contribution in [0.5, 0.6) is 0 Å². The minimum Gasteiger partial charge on any atom is -0.371 e. The smallest absolute Gasteiger partial charge is 0.0411 e.